The van der Waals surface area contributed by atoms with Crippen molar-refractivity contribution >= 4 is 17.0 Å². The third-order valence-electron chi connectivity index (χ3n) is 3.83. The predicted octanol–water partition coefficient (Wildman–Crippen LogP) is 2.16. The summed E-state index contributed by atoms with van der Waals surface area (Å²) in [7, 11) is 0. The number of benzene rings is 1. The molecule has 0 atom stereocenters. The van der Waals surface area contributed by atoms with Crippen LogP contribution in [0.15, 0.2) is 36.7 Å². The van der Waals surface area contributed by atoms with Crippen LogP contribution >= 0.6 is 0 Å². The molecule has 0 fully saturated rings. The Hall–Kier alpha value is -3.29. The van der Waals surface area contributed by atoms with E-state index in [2.05, 4.69) is 25.5 Å². The second kappa shape index (κ2) is 5.41. The van der Waals surface area contributed by atoms with Crippen molar-refractivity contribution in [2.45, 2.75) is 13.3 Å². The van der Waals surface area contributed by atoms with E-state index in [9.17, 15) is 4.39 Å². The molecule has 7 nitrogen and oxygen atoms in total. The van der Waals surface area contributed by atoms with Gasteiger partial charge in [-0.1, -0.05) is 0 Å². The zero-order valence-corrected chi connectivity index (χ0v) is 12.9. The summed E-state index contributed by atoms with van der Waals surface area (Å²) in [5, 5.41) is 15.0. The molecule has 8 heteroatoms. The highest BCUT2D eigenvalue weighted by Gasteiger charge is 2.11. The highest BCUT2D eigenvalue weighted by atomic mass is 19.1. The summed E-state index contributed by atoms with van der Waals surface area (Å²) in [5.41, 5.74) is 10.3. The van der Waals surface area contributed by atoms with Gasteiger partial charge in [-0.05, 0) is 47.9 Å². The number of aromatic amines is 1. The van der Waals surface area contributed by atoms with Crippen molar-refractivity contribution in [1.82, 2.24) is 30.2 Å². The van der Waals surface area contributed by atoms with E-state index in [4.69, 9.17) is 5.73 Å². The van der Waals surface area contributed by atoms with E-state index in [0.29, 0.717) is 29.0 Å². The van der Waals surface area contributed by atoms with Gasteiger partial charge in [0, 0.05) is 12.6 Å². The number of anilines is 1. The van der Waals surface area contributed by atoms with Crippen molar-refractivity contribution in [3.05, 3.63) is 59.2 Å². The van der Waals surface area contributed by atoms with Crippen molar-refractivity contribution in [3.8, 4) is 5.69 Å². The van der Waals surface area contributed by atoms with Crippen LogP contribution in [0.25, 0.3) is 16.9 Å². The van der Waals surface area contributed by atoms with Gasteiger partial charge in [-0.25, -0.2) is 14.1 Å². The van der Waals surface area contributed by atoms with Crippen LogP contribution in [0.4, 0.5) is 10.2 Å². The molecule has 0 aliphatic rings. The van der Waals surface area contributed by atoms with Gasteiger partial charge in [0.2, 0.25) is 5.65 Å². The average Bonchev–Trinajstić information content (AvgIpc) is 3.19. The third kappa shape index (κ3) is 2.47. The van der Waals surface area contributed by atoms with E-state index >= 15 is 0 Å². The first-order chi connectivity index (χ1) is 11.6. The lowest BCUT2D eigenvalue weighted by molar-refractivity contribution is 0.617. The first kappa shape index (κ1) is 14.3. The lowest BCUT2D eigenvalue weighted by Crippen LogP contribution is -1.97. The fourth-order valence-corrected chi connectivity index (χ4v) is 2.64. The van der Waals surface area contributed by atoms with Gasteiger partial charge in [0.25, 0.3) is 0 Å². The Morgan fingerprint density at radius 2 is 2.12 bits per heavy atom. The Balaban J connectivity index is 1.67. The summed E-state index contributed by atoms with van der Waals surface area (Å²) in [6, 6.07) is 6.67. The molecule has 0 spiro atoms. The molecule has 3 aromatic heterocycles. The Kier molecular flexibility index (Phi) is 3.23. The van der Waals surface area contributed by atoms with Crippen LogP contribution in [0.1, 0.15) is 16.7 Å². The standard InChI is InChI=1S/C16H14FN7/c1-9-4-12(2-3-13(9)17)24-8-10(7-19-24)5-11-6-14(18)20-16-15(11)21-23-22-16/h2-4,6-8H,5H2,1H3,(H3,18,20,21,22,23). The van der Waals surface area contributed by atoms with E-state index in [0.717, 1.165) is 16.8 Å². The van der Waals surface area contributed by atoms with Gasteiger partial charge in [0.05, 0.1) is 11.9 Å². The molecule has 3 heterocycles. The van der Waals surface area contributed by atoms with Crippen molar-refractivity contribution in [3.63, 3.8) is 0 Å². The molecule has 0 amide bonds. The van der Waals surface area contributed by atoms with Crippen LogP contribution < -0.4 is 5.73 Å². The molecule has 3 N–H and O–H groups in total. The van der Waals surface area contributed by atoms with Crippen molar-refractivity contribution in [2.24, 2.45) is 0 Å². The van der Waals surface area contributed by atoms with E-state index in [1.54, 1.807) is 36.0 Å². The number of aryl methyl sites for hydroxylation is 1. The first-order valence-electron chi connectivity index (χ1n) is 7.36. The van der Waals surface area contributed by atoms with E-state index in [1.807, 2.05) is 6.20 Å². The summed E-state index contributed by atoms with van der Waals surface area (Å²) in [6.07, 6.45) is 4.26. The van der Waals surface area contributed by atoms with Gasteiger partial charge in [-0.3, -0.25) is 0 Å². The number of hydrogen-bond acceptors (Lipinski definition) is 5. The fraction of sp³-hybridized carbons (Fsp3) is 0.125. The smallest absolute Gasteiger partial charge is 0.203 e. The molecule has 0 saturated heterocycles. The van der Waals surface area contributed by atoms with Crippen molar-refractivity contribution in [1.29, 1.82) is 0 Å². The maximum absolute atomic E-state index is 13.4. The van der Waals surface area contributed by atoms with Crippen LogP contribution in [0.5, 0.6) is 0 Å². The molecule has 4 aromatic rings. The first-order valence-corrected chi connectivity index (χ1v) is 7.36. The molecular formula is C16H14FN7. The Morgan fingerprint density at radius 1 is 1.25 bits per heavy atom. The SMILES string of the molecule is Cc1cc(-n2cc(Cc3cc(N)nc4n[nH]nc34)cn2)ccc1F. The number of hydrogen-bond donors (Lipinski definition) is 2. The van der Waals surface area contributed by atoms with Gasteiger partial charge >= 0.3 is 0 Å². The molecule has 0 bridgehead atoms. The Labute approximate surface area is 136 Å². The number of halogens is 1. The minimum Gasteiger partial charge on any atom is -0.384 e. The van der Waals surface area contributed by atoms with Gasteiger partial charge in [-0.15, -0.1) is 5.10 Å². The summed E-state index contributed by atoms with van der Waals surface area (Å²) >= 11 is 0. The number of nitrogens with zero attached hydrogens (tertiary/aromatic N) is 5. The van der Waals surface area contributed by atoms with Crippen molar-refractivity contribution in [2.75, 3.05) is 5.73 Å². The minimum absolute atomic E-state index is 0.230. The molecule has 0 aliphatic heterocycles. The zero-order valence-electron chi connectivity index (χ0n) is 12.9. The maximum Gasteiger partial charge on any atom is 0.203 e. The quantitative estimate of drug-likeness (QED) is 0.602. The fourth-order valence-electron chi connectivity index (χ4n) is 2.64. The summed E-state index contributed by atoms with van der Waals surface area (Å²) in [4.78, 5) is 4.13. The highest BCUT2D eigenvalue weighted by molar-refractivity contribution is 5.76. The topological polar surface area (TPSA) is 98.3 Å². The number of fused-ring (bicyclic) bond motifs is 1. The van der Waals surface area contributed by atoms with E-state index in [-0.39, 0.29) is 5.82 Å². The lowest BCUT2D eigenvalue weighted by atomic mass is 10.1. The largest absolute Gasteiger partial charge is 0.384 e. The molecule has 0 unspecified atom stereocenters. The van der Waals surface area contributed by atoms with Gasteiger partial charge in [0.15, 0.2) is 0 Å². The highest BCUT2D eigenvalue weighted by Crippen LogP contribution is 2.20. The minimum atomic E-state index is -0.230. The summed E-state index contributed by atoms with van der Waals surface area (Å²) in [5.74, 6) is 0.166. The molecule has 4 rings (SSSR count). The van der Waals surface area contributed by atoms with E-state index < -0.39 is 0 Å². The average molecular weight is 323 g/mol. The van der Waals surface area contributed by atoms with Gasteiger partial charge in [-0.2, -0.15) is 15.4 Å². The number of nitrogens with two attached hydrogens (primary N) is 1. The van der Waals surface area contributed by atoms with Crippen LogP contribution in [-0.2, 0) is 6.42 Å². The van der Waals surface area contributed by atoms with Crippen LogP contribution in [0.3, 0.4) is 0 Å². The normalized spacial score (nSPS) is 11.2. The van der Waals surface area contributed by atoms with Gasteiger partial charge < -0.3 is 5.73 Å². The number of H-pyrrole nitrogens is 1. The molecule has 24 heavy (non-hydrogen) atoms. The Bertz CT molecular complexity index is 1030. The number of rotatable bonds is 3. The third-order valence-corrected chi connectivity index (χ3v) is 3.83. The van der Waals surface area contributed by atoms with Crippen LogP contribution in [0, 0.1) is 12.7 Å². The predicted molar refractivity (Wildman–Crippen MR) is 87.2 cm³/mol. The molecular weight excluding hydrogens is 309 g/mol. The van der Waals surface area contributed by atoms with Gasteiger partial charge in [0.1, 0.15) is 17.2 Å². The number of nitrogen functional groups attached to an aromatic ring is 1. The van der Waals surface area contributed by atoms with Crippen LogP contribution in [0.2, 0.25) is 0 Å². The molecule has 120 valence electrons. The molecule has 0 radical (unpaired) electrons. The maximum atomic E-state index is 13.4. The number of aromatic nitrogens is 6. The number of pyridine rings is 1. The van der Waals surface area contributed by atoms with E-state index in [1.165, 1.54) is 6.07 Å². The van der Waals surface area contributed by atoms with Crippen LogP contribution in [-0.4, -0.2) is 30.2 Å². The second-order valence-electron chi connectivity index (χ2n) is 5.61. The zero-order chi connectivity index (χ0) is 16.7. The molecule has 0 aliphatic carbocycles. The molecule has 1 aromatic carbocycles. The second-order valence-corrected chi connectivity index (χ2v) is 5.61. The molecule has 0 saturated carbocycles. The summed E-state index contributed by atoms with van der Waals surface area (Å²) in [6.45, 7) is 1.73. The lowest BCUT2D eigenvalue weighted by Gasteiger charge is -2.03. The summed E-state index contributed by atoms with van der Waals surface area (Å²) < 4.78 is 15.1. The monoisotopic (exact) mass is 323 g/mol. The van der Waals surface area contributed by atoms with Crippen molar-refractivity contribution < 1.29 is 4.39 Å². The number of nitrogens with one attached hydrogen (secondary N) is 1. The Morgan fingerprint density at radius 3 is 2.96 bits per heavy atom.